The molecule has 0 aliphatic heterocycles. The van der Waals surface area contributed by atoms with E-state index in [1.54, 1.807) is 12.1 Å². The quantitative estimate of drug-likeness (QED) is 0.902. The summed E-state index contributed by atoms with van der Waals surface area (Å²) < 4.78 is 24.9. The van der Waals surface area contributed by atoms with Crippen molar-refractivity contribution in [3.8, 4) is 11.5 Å². The molecule has 0 aromatic heterocycles. The third kappa shape index (κ3) is 2.21. The Hall–Kier alpha value is -1.78. The first-order valence-corrected chi connectivity index (χ1v) is 6.45. The van der Waals surface area contributed by atoms with Gasteiger partial charge >= 0.3 is 5.97 Å². The lowest BCUT2D eigenvalue weighted by Gasteiger charge is -2.23. The highest BCUT2D eigenvalue weighted by molar-refractivity contribution is 5.85. The SMILES string of the molecule is COc1cc(C2(C(=O)O)CC2)cc(C(C)(C)F)c1OC. The van der Waals surface area contributed by atoms with E-state index >= 15 is 0 Å². The van der Waals surface area contributed by atoms with Gasteiger partial charge in [-0.2, -0.15) is 0 Å². The summed E-state index contributed by atoms with van der Waals surface area (Å²) in [6.45, 7) is 2.82. The number of benzene rings is 1. The molecule has 5 heteroatoms. The van der Waals surface area contributed by atoms with Gasteiger partial charge in [0.2, 0.25) is 0 Å². The van der Waals surface area contributed by atoms with Crippen molar-refractivity contribution in [2.75, 3.05) is 14.2 Å². The van der Waals surface area contributed by atoms with E-state index in [4.69, 9.17) is 9.47 Å². The molecule has 1 fully saturated rings. The van der Waals surface area contributed by atoms with Gasteiger partial charge < -0.3 is 14.6 Å². The van der Waals surface area contributed by atoms with Crippen LogP contribution in [0, 0.1) is 0 Å². The van der Waals surface area contributed by atoms with Crippen molar-refractivity contribution in [2.45, 2.75) is 37.8 Å². The van der Waals surface area contributed by atoms with E-state index in [2.05, 4.69) is 0 Å². The van der Waals surface area contributed by atoms with Crippen LogP contribution in [0.4, 0.5) is 4.39 Å². The van der Waals surface area contributed by atoms with Crippen molar-refractivity contribution >= 4 is 5.97 Å². The van der Waals surface area contributed by atoms with Crippen molar-refractivity contribution in [2.24, 2.45) is 0 Å². The maximum absolute atomic E-state index is 14.4. The van der Waals surface area contributed by atoms with Gasteiger partial charge in [0.1, 0.15) is 5.67 Å². The van der Waals surface area contributed by atoms with Crippen LogP contribution in [0.2, 0.25) is 0 Å². The van der Waals surface area contributed by atoms with Crippen molar-refractivity contribution in [1.29, 1.82) is 0 Å². The molecule has 2 rings (SSSR count). The molecule has 0 amide bonds. The van der Waals surface area contributed by atoms with Gasteiger partial charge in [0, 0.05) is 5.56 Å². The first kappa shape index (κ1) is 14.6. The zero-order valence-electron chi connectivity index (χ0n) is 12.1. The standard InChI is InChI=1S/C15H19FO4/c1-14(2,16)10-7-9(15(5-6-15)13(17)18)8-11(19-3)12(10)20-4/h7-8H,5-6H2,1-4H3,(H,17,18). The summed E-state index contributed by atoms with van der Waals surface area (Å²) >= 11 is 0. The Balaban J connectivity index is 2.65. The summed E-state index contributed by atoms with van der Waals surface area (Å²) in [5.74, 6) is -0.212. The molecule has 20 heavy (non-hydrogen) atoms. The van der Waals surface area contributed by atoms with Crippen LogP contribution in [0.5, 0.6) is 11.5 Å². The number of alkyl halides is 1. The van der Waals surface area contributed by atoms with Crippen molar-refractivity contribution < 1.29 is 23.8 Å². The zero-order valence-corrected chi connectivity index (χ0v) is 12.1. The molecule has 0 bridgehead atoms. The second-order valence-electron chi connectivity index (χ2n) is 5.62. The van der Waals surface area contributed by atoms with E-state index in [-0.39, 0.29) is 0 Å². The zero-order chi connectivity index (χ0) is 15.1. The van der Waals surface area contributed by atoms with Gasteiger partial charge in [-0.15, -0.1) is 0 Å². The minimum atomic E-state index is -1.65. The summed E-state index contributed by atoms with van der Waals surface area (Å²) in [6, 6.07) is 3.22. The largest absolute Gasteiger partial charge is 0.493 e. The Kier molecular flexibility index (Phi) is 3.40. The smallest absolute Gasteiger partial charge is 0.314 e. The van der Waals surface area contributed by atoms with Crippen LogP contribution in [-0.2, 0) is 15.9 Å². The average molecular weight is 282 g/mol. The number of halogens is 1. The Morgan fingerprint density at radius 2 is 1.90 bits per heavy atom. The van der Waals surface area contributed by atoms with Crippen LogP contribution >= 0.6 is 0 Å². The number of hydrogen-bond donors (Lipinski definition) is 1. The number of aliphatic carboxylic acids is 1. The molecule has 0 radical (unpaired) electrons. The van der Waals surface area contributed by atoms with Crippen LogP contribution in [0.15, 0.2) is 12.1 Å². The Bertz CT molecular complexity index is 542. The highest BCUT2D eigenvalue weighted by Gasteiger charge is 2.52. The second kappa shape index (κ2) is 4.65. The highest BCUT2D eigenvalue weighted by atomic mass is 19.1. The Morgan fingerprint density at radius 3 is 2.25 bits per heavy atom. The highest BCUT2D eigenvalue weighted by Crippen LogP contribution is 2.52. The maximum atomic E-state index is 14.4. The third-order valence-electron chi connectivity index (χ3n) is 3.83. The molecular formula is C15H19FO4. The molecular weight excluding hydrogens is 263 g/mol. The number of rotatable bonds is 5. The predicted octanol–water partition coefficient (Wildman–Crippen LogP) is 3.02. The molecule has 0 spiro atoms. The van der Waals surface area contributed by atoms with Crippen LogP contribution < -0.4 is 9.47 Å². The molecule has 0 atom stereocenters. The minimum absolute atomic E-state index is 0.307. The fourth-order valence-electron chi connectivity index (χ4n) is 2.43. The lowest BCUT2D eigenvalue weighted by molar-refractivity contribution is -0.140. The maximum Gasteiger partial charge on any atom is 0.314 e. The van der Waals surface area contributed by atoms with Crippen molar-refractivity contribution in [3.63, 3.8) is 0 Å². The summed E-state index contributed by atoms with van der Waals surface area (Å²) in [7, 11) is 2.90. The normalized spacial score (nSPS) is 16.6. The minimum Gasteiger partial charge on any atom is -0.493 e. The molecule has 0 heterocycles. The lowest BCUT2D eigenvalue weighted by atomic mass is 9.89. The third-order valence-corrected chi connectivity index (χ3v) is 3.83. The van der Waals surface area contributed by atoms with Gasteiger partial charge in [0.05, 0.1) is 19.6 Å². The van der Waals surface area contributed by atoms with Gasteiger partial charge in [-0.05, 0) is 44.4 Å². The molecule has 0 saturated heterocycles. The van der Waals surface area contributed by atoms with Crippen molar-refractivity contribution in [1.82, 2.24) is 0 Å². The lowest BCUT2D eigenvalue weighted by Crippen LogP contribution is -2.21. The predicted molar refractivity (Wildman–Crippen MR) is 72.2 cm³/mol. The average Bonchev–Trinajstić information content (AvgIpc) is 3.17. The van der Waals surface area contributed by atoms with E-state index < -0.39 is 17.1 Å². The molecule has 1 aromatic rings. The van der Waals surface area contributed by atoms with Gasteiger partial charge in [-0.1, -0.05) is 0 Å². The first-order chi connectivity index (χ1) is 9.26. The number of carbonyl (C=O) groups is 1. The van der Waals surface area contributed by atoms with Gasteiger partial charge in [0.25, 0.3) is 0 Å². The number of methoxy groups -OCH3 is 2. The van der Waals surface area contributed by atoms with E-state index in [1.807, 2.05) is 0 Å². The fourth-order valence-corrected chi connectivity index (χ4v) is 2.43. The summed E-state index contributed by atoms with van der Waals surface area (Å²) in [4.78, 5) is 11.4. The van der Waals surface area contributed by atoms with Crippen LogP contribution in [0.25, 0.3) is 0 Å². The van der Waals surface area contributed by atoms with Crippen molar-refractivity contribution in [3.05, 3.63) is 23.3 Å². The van der Waals surface area contributed by atoms with Crippen LogP contribution in [0.3, 0.4) is 0 Å². The topological polar surface area (TPSA) is 55.8 Å². The molecule has 1 saturated carbocycles. The van der Waals surface area contributed by atoms with Crippen LogP contribution in [-0.4, -0.2) is 25.3 Å². The summed E-state index contributed by atoms with van der Waals surface area (Å²) in [5.41, 5.74) is -1.67. The molecule has 110 valence electrons. The summed E-state index contributed by atoms with van der Waals surface area (Å²) in [6.07, 6.45) is 1.12. The molecule has 1 N–H and O–H groups in total. The first-order valence-electron chi connectivity index (χ1n) is 6.45. The molecule has 0 unspecified atom stereocenters. The summed E-state index contributed by atoms with van der Waals surface area (Å²) in [5, 5.41) is 9.38. The van der Waals surface area contributed by atoms with Gasteiger partial charge in [0.15, 0.2) is 11.5 Å². The van der Waals surface area contributed by atoms with E-state index in [0.29, 0.717) is 35.5 Å². The Labute approximate surface area is 117 Å². The van der Waals surface area contributed by atoms with E-state index in [0.717, 1.165) is 0 Å². The molecule has 1 aliphatic rings. The van der Waals surface area contributed by atoms with Gasteiger partial charge in [-0.25, -0.2) is 4.39 Å². The molecule has 4 nitrogen and oxygen atoms in total. The number of carboxylic acids is 1. The monoisotopic (exact) mass is 282 g/mol. The number of carboxylic acid groups (broad SMARTS) is 1. The van der Waals surface area contributed by atoms with Gasteiger partial charge in [-0.3, -0.25) is 4.79 Å². The molecule has 1 aliphatic carbocycles. The fraction of sp³-hybridized carbons (Fsp3) is 0.533. The van der Waals surface area contributed by atoms with Crippen LogP contribution in [0.1, 0.15) is 37.8 Å². The Morgan fingerprint density at radius 1 is 1.30 bits per heavy atom. The second-order valence-corrected chi connectivity index (χ2v) is 5.62. The van der Waals surface area contributed by atoms with E-state index in [9.17, 15) is 14.3 Å². The van der Waals surface area contributed by atoms with E-state index in [1.165, 1.54) is 28.1 Å². The number of hydrogen-bond acceptors (Lipinski definition) is 3. The number of ether oxygens (including phenoxy) is 2. The molecule has 1 aromatic carbocycles.